The lowest BCUT2D eigenvalue weighted by molar-refractivity contribution is -0.313. The maximum absolute atomic E-state index is 12.5. The minimum Gasteiger partial charge on any atom is -0.392 e. The second-order valence-electron chi connectivity index (χ2n) is 14.0. The molecule has 4 N–H and O–H groups in total. The van der Waals surface area contributed by atoms with Gasteiger partial charge >= 0.3 is 0 Å². The van der Waals surface area contributed by atoms with Crippen LogP contribution in [0, 0.1) is 28.6 Å². The number of methoxy groups -OCH3 is 1. The molecular formula is C32H48O7. The van der Waals surface area contributed by atoms with Crippen LogP contribution < -0.4 is 0 Å². The molecule has 4 unspecified atom stereocenters. The van der Waals surface area contributed by atoms with Gasteiger partial charge in [-0.3, -0.25) is 0 Å². The largest absolute Gasteiger partial charge is 0.392 e. The molecule has 0 aromatic heterocycles. The number of benzene rings is 1. The Bertz CT molecular complexity index is 1020. The summed E-state index contributed by atoms with van der Waals surface area (Å²) in [6.45, 7) is 6.45. The molecule has 7 nitrogen and oxygen atoms in total. The molecule has 4 aliphatic carbocycles. The smallest absolute Gasteiger partial charge is 0.186 e. The minimum absolute atomic E-state index is 0.0214. The van der Waals surface area contributed by atoms with Crippen molar-refractivity contribution < 1.29 is 34.6 Å². The molecule has 0 bridgehead atoms. The van der Waals surface area contributed by atoms with Crippen LogP contribution in [-0.2, 0) is 14.2 Å². The Kier molecular flexibility index (Phi) is 7.23. The topological polar surface area (TPSA) is 109 Å². The van der Waals surface area contributed by atoms with E-state index in [0.29, 0.717) is 18.3 Å². The lowest BCUT2D eigenvalue weighted by Crippen LogP contribution is -2.62. The molecule has 0 amide bonds. The van der Waals surface area contributed by atoms with E-state index >= 15 is 0 Å². The SMILES string of the molecule is CO[C@@H]1[C@@H](O)[C@H](OC2CC[C@@]3(C)C(CC[C@@H]4[C@H]3CC[C@]3(C)C(c5ccccc5)C(O)C[C@@]43O)C2)O[C@H](C)[C@H]1O. The highest BCUT2D eigenvalue weighted by atomic mass is 16.7. The zero-order valence-corrected chi connectivity index (χ0v) is 23.9. The molecule has 1 heterocycles. The van der Waals surface area contributed by atoms with Crippen molar-refractivity contribution in [2.24, 2.45) is 28.6 Å². The zero-order valence-electron chi connectivity index (χ0n) is 23.9. The first-order valence-electron chi connectivity index (χ1n) is 15.2. The predicted octanol–water partition coefficient (Wildman–Crippen LogP) is 3.77. The number of aliphatic hydroxyl groups is 4. The molecule has 1 aromatic carbocycles. The minimum atomic E-state index is -1.04. The van der Waals surface area contributed by atoms with Crippen molar-refractivity contribution in [1.29, 1.82) is 0 Å². The Hall–Kier alpha value is -1.06. The van der Waals surface area contributed by atoms with E-state index in [9.17, 15) is 20.4 Å². The Morgan fingerprint density at radius 3 is 2.38 bits per heavy atom. The number of hydrogen-bond donors (Lipinski definition) is 4. The molecule has 0 spiro atoms. The van der Waals surface area contributed by atoms with Gasteiger partial charge in [0.25, 0.3) is 0 Å². The van der Waals surface area contributed by atoms with Crippen LogP contribution in [0.1, 0.15) is 83.6 Å². The Balaban J connectivity index is 1.18. The van der Waals surface area contributed by atoms with E-state index in [4.69, 9.17) is 14.2 Å². The first-order valence-corrected chi connectivity index (χ1v) is 15.2. The van der Waals surface area contributed by atoms with Crippen LogP contribution in [0.3, 0.4) is 0 Å². The van der Waals surface area contributed by atoms with Gasteiger partial charge in [-0.15, -0.1) is 0 Å². The fourth-order valence-electron chi connectivity index (χ4n) is 10.2. The van der Waals surface area contributed by atoms with E-state index in [0.717, 1.165) is 50.5 Å². The van der Waals surface area contributed by atoms with Gasteiger partial charge < -0.3 is 34.6 Å². The molecule has 5 fully saturated rings. The third-order valence-corrected chi connectivity index (χ3v) is 12.4. The number of rotatable bonds is 4. The van der Waals surface area contributed by atoms with Crippen LogP contribution in [0.15, 0.2) is 30.3 Å². The van der Waals surface area contributed by atoms with Gasteiger partial charge in [-0.05, 0) is 80.6 Å². The van der Waals surface area contributed by atoms with Crippen molar-refractivity contribution in [1.82, 2.24) is 0 Å². The van der Waals surface area contributed by atoms with Crippen LogP contribution >= 0.6 is 0 Å². The molecule has 1 saturated heterocycles. The lowest BCUT2D eigenvalue weighted by Gasteiger charge is -2.63. The molecule has 14 atom stereocenters. The van der Waals surface area contributed by atoms with Gasteiger partial charge in [0.15, 0.2) is 6.29 Å². The summed E-state index contributed by atoms with van der Waals surface area (Å²) in [5, 5.41) is 44.9. The quantitative estimate of drug-likeness (QED) is 0.428. The fourth-order valence-corrected chi connectivity index (χ4v) is 10.2. The number of ether oxygens (including phenoxy) is 3. The third kappa shape index (κ3) is 4.17. The van der Waals surface area contributed by atoms with Gasteiger partial charge in [-0.25, -0.2) is 0 Å². The fraction of sp³-hybridized carbons (Fsp3) is 0.812. The summed E-state index contributed by atoms with van der Waals surface area (Å²) >= 11 is 0. The molecule has 39 heavy (non-hydrogen) atoms. The van der Waals surface area contributed by atoms with Crippen molar-refractivity contribution in [3.05, 3.63) is 35.9 Å². The van der Waals surface area contributed by atoms with Crippen LogP contribution in [0.4, 0.5) is 0 Å². The summed E-state index contributed by atoms with van der Waals surface area (Å²) in [6.07, 6.45) is 2.73. The highest BCUT2D eigenvalue weighted by Gasteiger charge is 2.69. The Morgan fingerprint density at radius 1 is 0.923 bits per heavy atom. The molecule has 5 aliphatic rings. The van der Waals surface area contributed by atoms with Gasteiger partial charge in [0, 0.05) is 24.9 Å². The molecular weight excluding hydrogens is 496 g/mol. The van der Waals surface area contributed by atoms with Gasteiger partial charge in [-0.1, -0.05) is 44.2 Å². The average molecular weight is 545 g/mol. The van der Waals surface area contributed by atoms with Crippen molar-refractivity contribution in [2.75, 3.05) is 7.11 Å². The van der Waals surface area contributed by atoms with E-state index in [-0.39, 0.29) is 28.8 Å². The molecule has 1 aromatic rings. The van der Waals surface area contributed by atoms with Gasteiger partial charge in [0.2, 0.25) is 0 Å². The number of fused-ring (bicyclic) bond motifs is 5. The molecule has 218 valence electrons. The zero-order chi connectivity index (χ0) is 27.7. The number of hydrogen-bond acceptors (Lipinski definition) is 7. The van der Waals surface area contributed by atoms with Crippen LogP contribution in [0.25, 0.3) is 0 Å². The van der Waals surface area contributed by atoms with E-state index in [1.165, 1.54) is 7.11 Å². The van der Waals surface area contributed by atoms with Gasteiger partial charge in [-0.2, -0.15) is 0 Å². The molecule has 6 rings (SSSR count). The van der Waals surface area contributed by atoms with Crippen LogP contribution in [0.2, 0.25) is 0 Å². The normalized spacial score (nSPS) is 53.5. The summed E-state index contributed by atoms with van der Waals surface area (Å²) in [5.41, 5.74) is 0.0411. The number of aliphatic hydroxyl groups excluding tert-OH is 3. The first kappa shape index (κ1) is 28.1. The molecule has 7 heteroatoms. The van der Waals surface area contributed by atoms with Crippen molar-refractivity contribution in [3.8, 4) is 0 Å². The highest BCUT2D eigenvalue weighted by Crippen LogP contribution is 2.70. The second-order valence-corrected chi connectivity index (χ2v) is 14.0. The van der Waals surface area contributed by atoms with E-state index in [1.807, 2.05) is 18.2 Å². The van der Waals surface area contributed by atoms with Crippen molar-refractivity contribution in [2.45, 2.75) is 127 Å². The summed E-state index contributed by atoms with van der Waals surface area (Å²) in [4.78, 5) is 0. The van der Waals surface area contributed by atoms with Crippen LogP contribution in [0.5, 0.6) is 0 Å². The van der Waals surface area contributed by atoms with Crippen molar-refractivity contribution >= 4 is 0 Å². The highest BCUT2D eigenvalue weighted by molar-refractivity contribution is 5.31. The Morgan fingerprint density at radius 2 is 1.67 bits per heavy atom. The summed E-state index contributed by atoms with van der Waals surface area (Å²) in [7, 11) is 1.49. The van der Waals surface area contributed by atoms with Crippen molar-refractivity contribution in [3.63, 3.8) is 0 Å². The Labute approximate surface area is 232 Å². The van der Waals surface area contributed by atoms with Gasteiger partial charge in [0.05, 0.1) is 23.9 Å². The molecule has 4 saturated carbocycles. The summed E-state index contributed by atoms with van der Waals surface area (Å²) < 4.78 is 17.6. The lowest BCUT2D eigenvalue weighted by atomic mass is 9.43. The standard InChI is InChI=1S/C32H48O7/c1-18-26(34)28(37-4)27(35)29(38-18)39-21-12-14-30(2)20(16-21)10-11-23-22(30)13-15-31(3)25(19-8-6-5-7-9-19)24(33)17-32(23,31)36/h5-9,18,20-29,33-36H,10-17H2,1-4H3/t18-,20?,21?,22-,23-,24?,25?,26-,27-,28+,29+,30+,31-,32-/m1/s1. The average Bonchev–Trinajstić information content (AvgIpc) is 3.13. The monoisotopic (exact) mass is 544 g/mol. The maximum Gasteiger partial charge on any atom is 0.186 e. The van der Waals surface area contributed by atoms with E-state index < -0.39 is 42.4 Å². The van der Waals surface area contributed by atoms with E-state index in [1.54, 1.807) is 6.92 Å². The molecule has 0 radical (unpaired) electrons. The predicted molar refractivity (Wildman–Crippen MR) is 146 cm³/mol. The summed E-state index contributed by atoms with van der Waals surface area (Å²) in [6, 6.07) is 10.3. The summed E-state index contributed by atoms with van der Waals surface area (Å²) in [5.74, 6) is 1.04. The van der Waals surface area contributed by atoms with Crippen LogP contribution in [-0.4, -0.2) is 76.1 Å². The molecule has 1 aliphatic heterocycles. The van der Waals surface area contributed by atoms with E-state index in [2.05, 4.69) is 26.0 Å². The first-order chi connectivity index (χ1) is 18.5. The third-order valence-electron chi connectivity index (χ3n) is 12.4. The second kappa shape index (κ2) is 10.0. The van der Waals surface area contributed by atoms with Gasteiger partial charge in [0.1, 0.15) is 18.3 Å². The maximum atomic E-state index is 12.5.